The zero-order valence-corrected chi connectivity index (χ0v) is 17.5. The lowest BCUT2D eigenvalue weighted by Gasteiger charge is -2.27. The molecule has 0 saturated heterocycles. The van der Waals surface area contributed by atoms with Crippen LogP contribution in [0.1, 0.15) is 27.3 Å². The minimum absolute atomic E-state index is 0.427. The zero-order valence-electron chi connectivity index (χ0n) is 17.5. The molecule has 7 nitrogen and oxygen atoms in total. The van der Waals surface area contributed by atoms with Gasteiger partial charge in [0.25, 0.3) is 0 Å². The first-order valence-electron chi connectivity index (χ1n) is 9.88. The van der Waals surface area contributed by atoms with Gasteiger partial charge in [-0.1, -0.05) is 12.1 Å². The average molecular weight is 406 g/mol. The molecule has 0 bridgehead atoms. The summed E-state index contributed by atoms with van der Waals surface area (Å²) in [6.07, 6.45) is 0.884. The number of amides is 1. The third-order valence-corrected chi connectivity index (χ3v) is 5.64. The Balaban J connectivity index is 1.57. The topological polar surface area (TPSA) is 82.6 Å². The molecule has 2 aromatic carbocycles. The largest absolute Gasteiger partial charge is 0.497 e. The lowest BCUT2D eigenvalue weighted by molar-refractivity contribution is 0.100. The SMILES string of the molecule is COc1ccc(OC)c(CN2CCc3nc(-c4ccc(C(N)=O)cc4)n(C)c3C2)c1. The van der Waals surface area contributed by atoms with E-state index < -0.39 is 5.91 Å². The maximum Gasteiger partial charge on any atom is 0.248 e. The number of benzene rings is 2. The monoisotopic (exact) mass is 406 g/mol. The number of nitrogens with zero attached hydrogens (tertiary/aromatic N) is 3. The summed E-state index contributed by atoms with van der Waals surface area (Å²) in [6.45, 7) is 2.50. The smallest absolute Gasteiger partial charge is 0.248 e. The van der Waals surface area contributed by atoms with Gasteiger partial charge in [0.1, 0.15) is 17.3 Å². The fourth-order valence-corrected chi connectivity index (χ4v) is 3.96. The van der Waals surface area contributed by atoms with Crippen LogP contribution in [0.3, 0.4) is 0 Å². The predicted molar refractivity (Wildman–Crippen MR) is 115 cm³/mol. The average Bonchev–Trinajstić information content (AvgIpc) is 3.09. The minimum atomic E-state index is -0.427. The number of primary amides is 1. The van der Waals surface area contributed by atoms with Gasteiger partial charge in [0.2, 0.25) is 5.91 Å². The Labute approximate surface area is 176 Å². The van der Waals surface area contributed by atoms with Crippen molar-refractivity contribution in [3.63, 3.8) is 0 Å². The first-order chi connectivity index (χ1) is 14.5. The summed E-state index contributed by atoms with van der Waals surface area (Å²) in [4.78, 5) is 18.6. The van der Waals surface area contributed by atoms with Gasteiger partial charge >= 0.3 is 0 Å². The molecule has 2 N–H and O–H groups in total. The summed E-state index contributed by atoms with van der Waals surface area (Å²) in [5, 5.41) is 0. The normalized spacial score (nSPS) is 13.7. The Morgan fingerprint density at radius 1 is 1.13 bits per heavy atom. The van der Waals surface area contributed by atoms with Gasteiger partial charge in [-0.05, 0) is 30.3 Å². The highest BCUT2D eigenvalue weighted by atomic mass is 16.5. The standard InChI is InChI=1S/C23H26N4O3/c1-26-20-14-27(13-17-12-18(29-2)8-9-21(17)30-3)11-10-19(20)25-23(26)16-6-4-15(5-7-16)22(24)28/h4-9,12H,10-11,13-14H2,1-3H3,(H2,24,28). The number of methoxy groups -OCH3 is 2. The van der Waals surface area contributed by atoms with Gasteiger partial charge in [-0.15, -0.1) is 0 Å². The van der Waals surface area contributed by atoms with Gasteiger partial charge in [-0.25, -0.2) is 4.98 Å². The lowest BCUT2D eigenvalue weighted by atomic mass is 10.1. The lowest BCUT2D eigenvalue weighted by Crippen LogP contribution is -2.31. The Hall–Kier alpha value is -3.32. The van der Waals surface area contributed by atoms with E-state index in [1.807, 2.05) is 37.4 Å². The number of rotatable bonds is 6. The van der Waals surface area contributed by atoms with Crippen molar-refractivity contribution in [2.45, 2.75) is 19.5 Å². The number of imidazole rings is 1. The molecular weight excluding hydrogens is 380 g/mol. The quantitative estimate of drug-likeness (QED) is 0.681. The first kappa shape index (κ1) is 20.0. The molecule has 1 aliphatic heterocycles. The van der Waals surface area contributed by atoms with Crippen molar-refractivity contribution < 1.29 is 14.3 Å². The molecule has 7 heteroatoms. The van der Waals surface area contributed by atoms with Crippen LogP contribution < -0.4 is 15.2 Å². The van der Waals surface area contributed by atoms with E-state index in [9.17, 15) is 4.79 Å². The molecule has 4 rings (SSSR count). The van der Waals surface area contributed by atoms with Crippen LogP contribution in [0.25, 0.3) is 11.4 Å². The van der Waals surface area contributed by atoms with Crippen molar-refractivity contribution in [2.75, 3.05) is 20.8 Å². The zero-order chi connectivity index (χ0) is 21.3. The van der Waals surface area contributed by atoms with Crippen LogP contribution >= 0.6 is 0 Å². The number of hydrogen-bond acceptors (Lipinski definition) is 5. The van der Waals surface area contributed by atoms with Gasteiger partial charge in [0, 0.05) is 49.8 Å². The Morgan fingerprint density at radius 3 is 2.57 bits per heavy atom. The van der Waals surface area contributed by atoms with Crippen molar-refractivity contribution in [3.05, 3.63) is 65.0 Å². The van der Waals surface area contributed by atoms with Crippen molar-refractivity contribution in [1.29, 1.82) is 0 Å². The van der Waals surface area contributed by atoms with E-state index in [-0.39, 0.29) is 0 Å². The second kappa shape index (κ2) is 8.20. The molecule has 0 spiro atoms. The van der Waals surface area contributed by atoms with Crippen LogP contribution in [-0.4, -0.2) is 41.1 Å². The Morgan fingerprint density at radius 2 is 1.90 bits per heavy atom. The molecule has 156 valence electrons. The molecule has 1 amide bonds. The highest BCUT2D eigenvalue weighted by Crippen LogP contribution is 2.29. The minimum Gasteiger partial charge on any atom is -0.497 e. The molecule has 0 saturated carbocycles. The van der Waals surface area contributed by atoms with E-state index in [0.29, 0.717) is 5.56 Å². The molecule has 0 radical (unpaired) electrons. The summed E-state index contributed by atoms with van der Waals surface area (Å²) >= 11 is 0. The van der Waals surface area contributed by atoms with Gasteiger partial charge in [-0.3, -0.25) is 9.69 Å². The third-order valence-electron chi connectivity index (χ3n) is 5.64. The van der Waals surface area contributed by atoms with Crippen LogP contribution in [-0.2, 0) is 26.6 Å². The molecule has 3 aromatic rings. The predicted octanol–water partition coefficient (Wildman–Crippen LogP) is 2.76. The van der Waals surface area contributed by atoms with Gasteiger partial charge < -0.3 is 19.8 Å². The number of ether oxygens (including phenoxy) is 2. The maximum absolute atomic E-state index is 11.3. The second-order valence-corrected chi connectivity index (χ2v) is 7.47. The van der Waals surface area contributed by atoms with Crippen LogP contribution in [0.15, 0.2) is 42.5 Å². The first-order valence-corrected chi connectivity index (χ1v) is 9.88. The summed E-state index contributed by atoms with van der Waals surface area (Å²) in [6, 6.07) is 13.2. The third kappa shape index (κ3) is 3.76. The van der Waals surface area contributed by atoms with Crippen LogP contribution in [0.5, 0.6) is 11.5 Å². The highest BCUT2D eigenvalue weighted by molar-refractivity contribution is 5.93. The van der Waals surface area contributed by atoms with Gasteiger partial charge in [-0.2, -0.15) is 0 Å². The molecule has 1 aliphatic rings. The molecule has 0 unspecified atom stereocenters. The van der Waals surface area contributed by atoms with Crippen LogP contribution in [0, 0.1) is 0 Å². The molecule has 2 heterocycles. The van der Waals surface area contributed by atoms with Gasteiger partial charge in [0.05, 0.1) is 25.6 Å². The fourth-order valence-electron chi connectivity index (χ4n) is 3.96. The van der Waals surface area contributed by atoms with E-state index in [0.717, 1.165) is 60.2 Å². The number of aromatic nitrogens is 2. The van der Waals surface area contributed by atoms with Gasteiger partial charge in [0.15, 0.2) is 0 Å². The van der Waals surface area contributed by atoms with Crippen molar-refractivity contribution in [2.24, 2.45) is 12.8 Å². The van der Waals surface area contributed by atoms with Crippen molar-refractivity contribution >= 4 is 5.91 Å². The molecule has 1 aromatic heterocycles. The van der Waals surface area contributed by atoms with E-state index in [1.54, 1.807) is 26.4 Å². The summed E-state index contributed by atoms with van der Waals surface area (Å²) in [7, 11) is 5.40. The molecule has 0 aliphatic carbocycles. The summed E-state index contributed by atoms with van der Waals surface area (Å²) in [5.74, 6) is 2.16. The van der Waals surface area contributed by atoms with Crippen LogP contribution in [0.2, 0.25) is 0 Å². The Bertz CT molecular complexity index is 1070. The van der Waals surface area contributed by atoms with Crippen LogP contribution in [0.4, 0.5) is 0 Å². The number of carbonyl (C=O) groups excluding carboxylic acids is 1. The van der Waals surface area contributed by atoms with E-state index >= 15 is 0 Å². The van der Waals surface area contributed by atoms with E-state index in [4.69, 9.17) is 20.2 Å². The number of carbonyl (C=O) groups is 1. The number of fused-ring (bicyclic) bond motifs is 1. The Kier molecular flexibility index (Phi) is 5.46. The second-order valence-electron chi connectivity index (χ2n) is 7.47. The van der Waals surface area contributed by atoms with E-state index in [2.05, 4.69) is 9.47 Å². The van der Waals surface area contributed by atoms with Crippen molar-refractivity contribution in [3.8, 4) is 22.9 Å². The maximum atomic E-state index is 11.3. The number of hydrogen-bond donors (Lipinski definition) is 1. The fraction of sp³-hybridized carbons (Fsp3) is 0.304. The highest BCUT2D eigenvalue weighted by Gasteiger charge is 2.24. The van der Waals surface area contributed by atoms with E-state index in [1.165, 1.54) is 5.69 Å². The molecule has 0 fully saturated rings. The van der Waals surface area contributed by atoms with Crippen molar-refractivity contribution in [1.82, 2.24) is 14.5 Å². The summed E-state index contributed by atoms with van der Waals surface area (Å²) < 4.78 is 13.1. The molecular formula is C23H26N4O3. The molecule has 0 atom stereocenters. The summed E-state index contributed by atoms with van der Waals surface area (Å²) in [5.41, 5.74) is 10.2. The molecule has 30 heavy (non-hydrogen) atoms. The number of nitrogens with two attached hydrogens (primary N) is 1.